The summed E-state index contributed by atoms with van der Waals surface area (Å²) in [5.74, 6) is 0.788. The van der Waals surface area contributed by atoms with Crippen molar-refractivity contribution in [3.05, 3.63) is 42.1 Å². The summed E-state index contributed by atoms with van der Waals surface area (Å²) in [7, 11) is 0. The molecule has 22 heavy (non-hydrogen) atoms. The summed E-state index contributed by atoms with van der Waals surface area (Å²) in [5.41, 5.74) is 0.374. The predicted molar refractivity (Wildman–Crippen MR) is 82.2 cm³/mol. The first kappa shape index (κ1) is 14.1. The number of benzene rings is 1. The molecular formula is C14H11N3O4S. The Bertz CT molecular complexity index is 751. The van der Waals surface area contributed by atoms with Gasteiger partial charge in [0.2, 0.25) is 6.79 Å². The van der Waals surface area contributed by atoms with Crippen molar-refractivity contribution in [3.63, 3.8) is 0 Å². The molecule has 0 saturated carbocycles. The van der Waals surface area contributed by atoms with E-state index in [1.165, 1.54) is 12.3 Å². The fourth-order valence-electron chi connectivity index (χ4n) is 1.84. The van der Waals surface area contributed by atoms with Crippen LogP contribution in [0, 0.1) is 0 Å². The molecule has 0 spiro atoms. The van der Waals surface area contributed by atoms with Crippen LogP contribution in [-0.2, 0) is 0 Å². The van der Waals surface area contributed by atoms with Crippen molar-refractivity contribution in [1.29, 1.82) is 0 Å². The molecule has 1 aromatic carbocycles. The summed E-state index contributed by atoms with van der Waals surface area (Å²) in [5, 5.41) is 14.8. The van der Waals surface area contributed by atoms with Crippen LogP contribution in [0.4, 0.5) is 5.82 Å². The molecular weight excluding hydrogens is 306 g/mol. The van der Waals surface area contributed by atoms with Crippen molar-refractivity contribution in [2.45, 2.75) is 0 Å². The van der Waals surface area contributed by atoms with E-state index in [4.69, 9.17) is 21.7 Å². The molecule has 1 amide bonds. The second-order valence-corrected chi connectivity index (χ2v) is 4.76. The van der Waals surface area contributed by atoms with Gasteiger partial charge in [0.25, 0.3) is 5.91 Å². The van der Waals surface area contributed by atoms with E-state index in [2.05, 4.69) is 15.6 Å². The first-order chi connectivity index (χ1) is 10.6. The third-order valence-electron chi connectivity index (χ3n) is 2.88. The molecule has 0 fully saturated rings. The zero-order chi connectivity index (χ0) is 15.5. The number of rotatable bonds is 2. The van der Waals surface area contributed by atoms with Crippen molar-refractivity contribution in [2.24, 2.45) is 0 Å². The lowest BCUT2D eigenvalue weighted by atomic mass is 10.2. The van der Waals surface area contributed by atoms with E-state index in [9.17, 15) is 9.90 Å². The van der Waals surface area contributed by atoms with E-state index in [0.29, 0.717) is 17.1 Å². The van der Waals surface area contributed by atoms with Crippen molar-refractivity contribution in [1.82, 2.24) is 10.3 Å². The first-order valence-electron chi connectivity index (χ1n) is 6.29. The highest BCUT2D eigenvalue weighted by atomic mass is 32.1. The highest BCUT2D eigenvalue weighted by Gasteiger charge is 2.17. The maximum Gasteiger partial charge on any atom is 0.257 e. The minimum Gasteiger partial charge on any atom is -0.504 e. The Hall–Kier alpha value is -2.87. The van der Waals surface area contributed by atoms with Gasteiger partial charge in [0.15, 0.2) is 28.2 Å². The fourth-order valence-corrected chi connectivity index (χ4v) is 2.03. The predicted octanol–water partition coefficient (Wildman–Crippen LogP) is 1.64. The standard InChI is InChI=1S/C14H11N3O4S/c18-9-2-1-5-15-12(9)16-14(22)17-13(19)8-3-4-10-11(6-8)21-7-20-10/h1-6,18H,7H2,(H2,15,16,17,19,22). The van der Waals surface area contributed by atoms with Gasteiger partial charge in [-0.05, 0) is 42.5 Å². The van der Waals surface area contributed by atoms with E-state index >= 15 is 0 Å². The lowest BCUT2D eigenvalue weighted by Crippen LogP contribution is -2.34. The number of amides is 1. The SMILES string of the molecule is O=C(NC(=S)Nc1ncccc1O)c1ccc2c(c1)OCO2. The van der Waals surface area contributed by atoms with Crippen LogP contribution in [-0.4, -0.2) is 27.9 Å². The van der Waals surface area contributed by atoms with E-state index in [-0.39, 0.29) is 23.5 Å². The molecule has 0 saturated heterocycles. The largest absolute Gasteiger partial charge is 0.504 e. The number of aromatic hydroxyl groups is 1. The number of carbonyl (C=O) groups is 1. The molecule has 3 rings (SSSR count). The number of fused-ring (bicyclic) bond motifs is 1. The Morgan fingerprint density at radius 1 is 1.27 bits per heavy atom. The number of hydrogen-bond acceptors (Lipinski definition) is 6. The van der Waals surface area contributed by atoms with Crippen molar-refractivity contribution >= 4 is 29.1 Å². The van der Waals surface area contributed by atoms with Gasteiger partial charge in [0.1, 0.15) is 0 Å². The molecule has 3 N–H and O–H groups in total. The van der Waals surface area contributed by atoms with E-state index < -0.39 is 5.91 Å². The van der Waals surface area contributed by atoms with Crippen molar-refractivity contribution in [2.75, 3.05) is 12.1 Å². The number of ether oxygens (including phenoxy) is 2. The molecule has 8 heteroatoms. The Morgan fingerprint density at radius 3 is 2.91 bits per heavy atom. The van der Waals surface area contributed by atoms with Crippen LogP contribution < -0.4 is 20.1 Å². The summed E-state index contributed by atoms with van der Waals surface area (Å²) >= 11 is 5.02. The molecule has 1 aliphatic heterocycles. The number of aromatic nitrogens is 1. The third-order valence-corrected chi connectivity index (χ3v) is 3.08. The van der Waals surface area contributed by atoms with Crippen LogP contribution >= 0.6 is 12.2 Å². The van der Waals surface area contributed by atoms with Gasteiger partial charge < -0.3 is 19.9 Å². The van der Waals surface area contributed by atoms with Gasteiger partial charge in [-0.3, -0.25) is 10.1 Å². The zero-order valence-electron chi connectivity index (χ0n) is 11.2. The summed E-state index contributed by atoms with van der Waals surface area (Å²) in [6.07, 6.45) is 1.49. The number of nitrogens with zero attached hydrogens (tertiary/aromatic N) is 1. The molecule has 2 aromatic rings. The zero-order valence-corrected chi connectivity index (χ0v) is 12.0. The average molecular weight is 317 g/mol. The van der Waals surface area contributed by atoms with Gasteiger partial charge >= 0.3 is 0 Å². The summed E-state index contributed by atoms with van der Waals surface area (Å²) in [6.45, 7) is 0.138. The lowest BCUT2D eigenvalue weighted by Gasteiger charge is -2.10. The fraction of sp³-hybridized carbons (Fsp3) is 0.0714. The molecule has 112 valence electrons. The molecule has 0 aliphatic carbocycles. The molecule has 0 radical (unpaired) electrons. The number of pyridine rings is 1. The van der Waals surface area contributed by atoms with Crippen LogP contribution in [0.2, 0.25) is 0 Å². The lowest BCUT2D eigenvalue weighted by molar-refractivity contribution is 0.0977. The topological polar surface area (TPSA) is 92.7 Å². The van der Waals surface area contributed by atoms with Gasteiger partial charge in [-0.2, -0.15) is 0 Å². The van der Waals surface area contributed by atoms with Crippen LogP contribution in [0.15, 0.2) is 36.5 Å². The highest BCUT2D eigenvalue weighted by molar-refractivity contribution is 7.80. The van der Waals surface area contributed by atoms with Crippen LogP contribution in [0.3, 0.4) is 0 Å². The van der Waals surface area contributed by atoms with E-state index in [1.807, 2.05) is 0 Å². The number of thiocarbonyl (C=S) groups is 1. The molecule has 7 nitrogen and oxygen atoms in total. The summed E-state index contributed by atoms with van der Waals surface area (Å²) < 4.78 is 10.4. The molecule has 0 bridgehead atoms. The normalized spacial score (nSPS) is 11.8. The third kappa shape index (κ3) is 2.91. The highest BCUT2D eigenvalue weighted by Crippen LogP contribution is 2.32. The molecule has 0 unspecified atom stereocenters. The number of nitrogens with one attached hydrogen (secondary N) is 2. The van der Waals surface area contributed by atoms with Crippen LogP contribution in [0.25, 0.3) is 0 Å². The summed E-state index contributed by atoms with van der Waals surface area (Å²) in [6, 6.07) is 7.85. The van der Waals surface area contributed by atoms with E-state index in [1.54, 1.807) is 24.3 Å². The molecule has 0 atom stereocenters. The van der Waals surface area contributed by atoms with Crippen molar-refractivity contribution in [3.8, 4) is 17.2 Å². The number of carbonyl (C=O) groups excluding carboxylic acids is 1. The number of hydrogen-bond donors (Lipinski definition) is 3. The van der Waals surface area contributed by atoms with Gasteiger partial charge in [0.05, 0.1) is 0 Å². The summed E-state index contributed by atoms with van der Waals surface area (Å²) in [4.78, 5) is 16.0. The van der Waals surface area contributed by atoms with Crippen LogP contribution in [0.5, 0.6) is 17.2 Å². The Morgan fingerprint density at radius 2 is 2.09 bits per heavy atom. The minimum atomic E-state index is -0.411. The first-order valence-corrected chi connectivity index (χ1v) is 6.70. The van der Waals surface area contributed by atoms with Gasteiger partial charge in [0, 0.05) is 11.8 Å². The maximum absolute atomic E-state index is 12.1. The quantitative estimate of drug-likeness (QED) is 0.725. The minimum absolute atomic E-state index is 0.0247. The van der Waals surface area contributed by atoms with Gasteiger partial charge in [-0.25, -0.2) is 4.98 Å². The monoisotopic (exact) mass is 317 g/mol. The Labute approximate surface area is 130 Å². The van der Waals surface area contributed by atoms with Gasteiger partial charge in [-0.15, -0.1) is 0 Å². The Balaban J connectivity index is 1.66. The second-order valence-electron chi connectivity index (χ2n) is 4.35. The van der Waals surface area contributed by atoms with E-state index in [0.717, 1.165) is 0 Å². The average Bonchev–Trinajstić information content (AvgIpc) is 2.97. The smallest absolute Gasteiger partial charge is 0.257 e. The second kappa shape index (κ2) is 5.86. The maximum atomic E-state index is 12.1. The van der Waals surface area contributed by atoms with Crippen molar-refractivity contribution < 1.29 is 19.4 Å². The number of anilines is 1. The molecule has 1 aromatic heterocycles. The Kier molecular flexibility index (Phi) is 3.75. The van der Waals surface area contributed by atoms with Crippen LogP contribution in [0.1, 0.15) is 10.4 Å². The molecule has 1 aliphatic rings. The molecule has 2 heterocycles. The van der Waals surface area contributed by atoms with Gasteiger partial charge in [-0.1, -0.05) is 0 Å².